The Morgan fingerprint density at radius 2 is 1.88 bits per heavy atom. The standard InChI is InChI=1S/C17H16N2O4S/c1-21-12-7-11(8-13(9-12)22-2)18-16(20)10-24-17-19-14-5-3-4-6-15(14)23-17/h3-9H,10H2,1-2H3,(H,18,20). The number of thioether (sulfide) groups is 1. The summed E-state index contributed by atoms with van der Waals surface area (Å²) in [5, 5.41) is 3.27. The van der Waals surface area contributed by atoms with Crippen molar-refractivity contribution < 1.29 is 18.7 Å². The number of hydrogen-bond acceptors (Lipinski definition) is 6. The zero-order valence-corrected chi connectivity index (χ0v) is 14.1. The van der Waals surface area contributed by atoms with Gasteiger partial charge in [-0.25, -0.2) is 4.98 Å². The summed E-state index contributed by atoms with van der Waals surface area (Å²) >= 11 is 1.24. The fraction of sp³-hybridized carbons (Fsp3) is 0.176. The number of nitrogens with zero attached hydrogens (tertiary/aromatic N) is 1. The number of ether oxygens (including phenoxy) is 2. The summed E-state index contributed by atoms with van der Waals surface area (Å²) in [5.41, 5.74) is 2.09. The lowest BCUT2D eigenvalue weighted by molar-refractivity contribution is -0.113. The Labute approximate surface area is 143 Å². The molecule has 2 aromatic carbocycles. The van der Waals surface area contributed by atoms with Crippen molar-refractivity contribution in [1.29, 1.82) is 0 Å². The maximum atomic E-state index is 12.1. The first-order valence-electron chi connectivity index (χ1n) is 7.19. The quantitative estimate of drug-likeness (QED) is 0.689. The number of nitrogens with one attached hydrogen (secondary N) is 1. The van der Waals surface area contributed by atoms with E-state index < -0.39 is 0 Å². The fourth-order valence-electron chi connectivity index (χ4n) is 2.12. The molecule has 0 atom stereocenters. The Kier molecular flexibility index (Phi) is 4.90. The van der Waals surface area contributed by atoms with Gasteiger partial charge < -0.3 is 19.2 Å². The van der Waals surface area contributed by atoms with Gasteiger partial charge in [0.1, 0.15) is 17.0 Å². The topological polar surface area (TPSA) is 73.6 Å². The van der Waals surface area contributed by atoms with Gasteiger partial charge >= 0.3 is 0 Å². The van der Waals surface area contributed by atoms with Gasteiger partial charge in [-0.2, -0.15) is 0 Å². The lowest BCUT2D eigenvalue weighted by Crippen LogP contribution is -2.14. The van der Waals surface area contributed by atoms with Gasteiger partial charge in [-0.1, -0.05) is 23.9 Å². The summed E-state index contributed by atoms with van der Waals surface area (Å²) in [5.74, 6) is 1.23. The van der Waals surface area contributed by atoms with Crippen LogP contribution in [0.2, 0.25) is 0 Å². The molecule has 0 saturated heterocycles. The molecule has 0 radical (unpaired) electrons. The molecule has 24 heavy (non-hydrogen) atoms. The lowest BCUT2D eigenvalue weighted by Gasteiger charge is -2.09. The smallest absolute Gasteiger partial charge is 0.257 e. The maximum Gasteiger partial charge on any atom is 0.257 e. The van der Waals surface area contributed by atoms with Crippen LogP contribution in [0.5, 0.6) is 11.5 Å². The summed E-state index contributed by atoms with van der Waals surface area (Å²) in [7, 11) is 3.12. The van der Waals surface area contributed by atoms with Gasteiger partial charge in [0, 0.05) is 23.9 Å². The number of methoxy groups -OCH3 is 2. The molecule has 0 saturated carbocycles. The van der Waals surface area contributed by atoms with Gasteiger partial charge in [-0.15, -0.1) is 0 Å². The summed E-state index contributed by atoms with van der Waals surface area (Å²) in [6.07, 6.45) is 0. The molecule has 6 nitrogen and oxygen atoms in total. The summed E-state index contributed by atoms with van der Waals surface area (Å²) in [4.78, 5) is 16.4. The molecule has 3 aromatic rings. The highest BCUT2D eigenvalue weighted by atomic mass is 32.2. The number of anilines is 1. The monoisotopic (exact) mass is 344 g/mol. The van der Waals surface area contributed by atoms with Crippen molar-refractivity contribution in [2.45, 2.75) is 5.22 Å². The zero-order chi connectivity index (χ0) is 16.9. The summed E-state index contributed by atoms with van der Waals surface area (Å²) in [6, 6.07) is 12.7. The van der Waals surface area contributed by atoms with Crippen molar-refractivity contribution in [2.75, 3.05) is 25.3 Å². The number of carbonyl (C=O) groups is 1. The Balaban J connectivity index is 1.63. The van der Waals surface area contributed by atoms with Gasteiger partial charge in [-0.05, 0) is 12.1 Å². The molecular weight excluding hydrogens is 328 g/mol. The van der Waals surface area contributed by atoms with Crippen molar-refractivity contribution in [2.24, 2.45) is 0 Å². The molecule has 1 N–H and O–H groups in total. The van der Waals surface area contributed by atoms with Crippen LogP contribution >= 0.6 is 11.8 Å². The molecule has 0 spiro atoms. The Morgan fingerprint density at radius 3 is 2.54 bits per heavy atom. The van der Waals surface area contributed by atoms with E-state index in [2.05, 4.69) is 10.3 Å². The molecule has 0 aliphatic carbocycles. The summed E-state index contributed by atoms with van der Waals surface area (Å²) in [6.45, 7) is 0. The molecule has 3 rings (SSSR count). The Bertz CT molecular complexity index is 807. The predicted molar refractivity (Wildman–Crippen MR) is 92.9 cm³/mol. The molecular formula is C17H16N2O4S. The minimum absolute atomic E-state index is 0.169. The average molecular weight is 344 g/mol. The van der Waals surface area contributed by atoms with E-state index in [-0.39, 0.29) is 11.7 Å². The minimum Gasteiger partial charge on any atom is -0.497 e. The van der Waals surface area contributed by atoms with Gasteiger partial charge in [0.2, 0.25) is 5.91 Å². The van der Waals surface area contributed by atoms with Crippen LogP contribution in [0.15, 0.2) is 52.1 Å². The molecule has 1 aromatic heterocycles. The second-order valence-electron chi connectivity index (χ2n) is 4.89. The lowest BCUT2D eigenvalue weighted by atomic mass is 10.2. The zero-order valence-electron chi connectivity index (χ0n) is 13.2. The minimum atomic E-state index is -0.169. The molecule has 0 fully saturated rings. The number of benzene rings is 2. The number of oxazole rings is 1. The highest BCUT2D eigenvalue weighted by Gasteiger charge is 2.10. The van der Waals surface area contributed by atoms with Crippen molar-refractivity contribution in [3.63, 3.8) is 0 Å². The van der Waals surface area contributed by atoms with E-state index in [0.29, 0.717) is 28.0 Å². The largest absolute Gasteiger partial charge is 0.497 e. The van der Waals surface area contributed by atoms with Crippen molar-refractivity contribution >= 4 is 34.5 Å². The first-order chi connectivity index (χ1) is 11.7. The number of aromatic nitrogens is 1. The molecule has 7 heteroatoms. The van der Waals surface area contributed by atoms with Crippen LogP contribution < -0.4 is 14.8 Å². The van der Waals surface area contributed by atoms with E-state index in [1.54, 1.807) is 32.4 Å². The second-order valence-corrected chi connectivity index (χ2v) is 5.81. The Morgan fingerprint density at radius 1 is 1.17 bits per heavy atom. The molecule has 0 unspecified atom stereocenters. The third kappa shape index (κ3) is 3.80. The van der Waals surface area contributed by atoms with Gasteiger partial charge in [0.05, 0.1) is 20.0 Å². The van der Waals surface area contributed by atoms with Gasteiger partial charge in [-0.3, -0.25) is 4.79 Å². The molecule has 0 aliphatic heterocycles. The molecule has 1 heterocycles. The number of fused-ring (bicyclic) bond motifs is 1. The maximum absolute atomic E-state index is 12.1. The molecule has 0 aliphatic rings. The Hall–Kier alpha value is -2.67. The number of para-hydroxylation sites is 2. The van der Waals surface area contributed by atoms with Crippen molar-refractivity contribution in [3.05, 3.63) is 42.5 Å². The van der Waals surface area contributed by atoms with Gasteiger partial charge in [0.25, 0.3) is 5.22 Å². The number of rotatable bonds is 6. The van der Waals surface area contributed by atoms with Gasteiger partial charge in [0.15, 0.2) is 5.58 Å². The highest BCUT2D eigenvalue weighted by molar-refractivity contribution is 7.99. The van der Waals surface area contributed by atoms with Crippen LogP contribution in [0.25, 0.3) is 11.1 Å². The van der Waals surface area contributed by atoms with E-state index >= 15 is 0 Å². The highest BCUT2D eigenvalue weighted by Crippen LogP contribution is 2.27. The van der Waals surface area contributed by atoms with E-state index in [4.69, 9.17) is 13.9 Å². The summed E-state index contributed by atoms with van der Waals surface area (Å²) < 4.78 is 15.9. The van der Waals surface area contributed by atoms with E-state index in [9.17, 15) is 4.79 Å². The van der Waals surface area contributed by atoms with E-state index in [1.807, 2.05) is 24.3 Å². The molecule has 124 valence electrons. The van der Waals surface area contributed by atoms with Crippen LogP contribution in [0.1, 0.15) is 0 Å². The first-order valence-corrected chi connectivity index (χ1v) is 8.18. The van der Waals surface area contributed by atoms with Crippen molar-refractivity contribution in [1.82, 2.24) is 4.98 Å². The predicted octanol–water partition coefficient (Wildman–Crippen LogP) is 3.58. The second kappa shape index (κ2) is 7.27. The average Bonchev–Trinajstić information content (AvgIpc) is 3.02. The first kappa shape index (κ1) is 16.2. The third-order valence-corrected chi connectivity index (χ3v) is 4.06. The van der Waals surface area contributed by atoms with E-state index in [1.165, 1.54) is 11.8 Å². The van der Waals surface area contributed by atoms with Crippen LogP contribution in [-0.2, 0) is 4.79 Å². The molecule has 1 amide bonds. The number of amides is 1. The third-order valence-electron chi connectivity index (χ3n) is 3.24. The van der Waals surface area contributed by atoms with Crippen molar-refractivity contribution in [3.8, 4) is 11.5 Å². The fourth-order valence-corrected chi connectivity index (χ4v) is 2.76. The number of hydrogen-bond donors (Lipinski definition) is 1. The SMILES string of the molecule is COc1cc(NC(=O)CSc2nc3ccccc3o2)cc(OC)c1. The molecule has 0 bridgehead atoms. The number of carbonyl (C=O) groups excluding carboxylic acids is 1. The van der Waals surface area contributed by atoms with E-state index in [0.717, 1.165) is 5.52 Å². The normalized spacial score (nSPS) is 10.6. The van der Waals surface area contributed by atoms with Crippen LogP contribution in [0, 0.1) is 0 Å². The van der Waals surface area contributed by atoms with Crippen LogP contribution in [0.4, 0.5) is 5.69 Å². The van der Waals surface area contributed by atoms with Crippen LogP contribution in [0.3, 0.4) is 0 Å². The van der Waals surface area contributed by atoms with Crippen LogP contribution in [-0.4, -0.2) is 30.9 Å².